The monoisotopic (exact) mass is 270 g/mol. The summed E-state index contributed by atoms with van der Waals surface area (Å²) in [5.41, 5.74) is 5.79. The minimum atomic E-state index is -0.663. The first kappa shape index (κ1) is 11.9. The molecule has 0 saturated heterocycles. The van der Waals surface area contributed by atoms with Gasteiger partial charge in [0.25, 0.3) is 5.56 Å². The fraction of sp³-hybridized carbons (Fsp3) is 0. The molecule has 4 N–H and O–H groups in total. The normalized spacial score (nSPS) is 10.6. The Morgan fingerprint density at radius 3 is 2.85 bits per heavy atom. The maximum Gasteiger partial charge on any atom is 0.342 e. The van der Waals surface area contributed by atoms with Gasteiger partial charge in [-0.25, -0.2) is 14.9 Å². The summed E-state index contributed by atoms with van der Waals surface area (Å²) in [4.78, 5) is 29.1. The Hall–Kier alpha value is -3.16. The summed E-state index contributed by atoms with van der Waals surface area (Å²) in [6.45, 7) is 0. The second kappa shape index (κ2) is 4.50. The smallest absolute Gasteiger partial charge is 0.342 e. The topological polar surface area (TPSA) is 122 Å². The Kier molecular flexibility index (Phi) is 2.68. The lowest BCUT2D eigenvalue weighted by Crippen LogP contribution is -2.27. The summed E-state index contributed by atoms with van der Waals surface area (Å²) >= 11 is 0. The van der Waals surface area contributed by atoms with E-state index in [1.165, 1.54) is 10.8 Å². The van der Waals surface area contributed by atoms with Gasteiger partial charge in [-0.15, -0.1) is 5.10 Å². The van der Waals surface area contributed by atoms with E-state index in [1.54, 1.807) is 24.4 Å². The molecule has 0 spiro atoms. The fourth-order valence-electron chi connectivity index (χ4n) is 1.87. The van der Waals surface area contributed by atoms with Crippen LogP contribution in [-0.4, -0.2) is 24.7 Å². The van der Waals surface area contributed by atoms with Crippen molar-refractivity contribution in [3.63, 3.8) is 0 Å². The average Bonchev–Trinajstić information content (AvgIpc) is 2.87. The van der Waals surface area contributed by atoms with Gasteiger partial charge in [-0.1, -0.05) is 12.1 Å². The first-order chi connectivity index (χ1) is 9.65. The molecule has 2 heterocycles. The van der Waals surface area contributed by atoms with Gasteiger partial charge in [0, 0.05) is 23.6 Å². The van der Waals surface area contributed by atoms with E-state index in [1.807, 2.05) is 6.07 Å². The molecule has 0 amide bonds. The Balaban J connectivity index is 2.20. The first-order valence-corrected chi connectivity index (χ1v) is 5.74. The quantitative estimate of drug-likeness (QED) is 0.561. The molecule has 100 valence electrons. The molecule has 0 radical (unpaired) electrons. The van der Waals surface area contributed by atoms with Gasteiger partial charge < -0.3 is 5.73 Å². The van der Waals surface area contributed by atoms with E-state index in [-0.39, 0.29) is 5.82 Å². The number of imidazole rings is 1. The summed E-state index contributed by atoms with van der Waals surface area (Å²) in [6, 6.07) is 7.09. The summed E-state index contributed by atoms with van der Waals surface area (Å²) in [5, 5.41) is 5.92. The first-order valence-electron chi connectivity index (χ1n) is 5.74. The van der Waals surface area contributed by atoms with Crippen LogP contribution >= 0.6 is 0 Å². The van der Waals surface area contributed by atoms with Gasteiger partial charge in [-0.3, -0.25) is 14.3 Å². The highest BCUT2D eigenvalue weighted by molar-refractivity contribution is 5.62. The largest absolute Gasteiger partial charge is 0.399 e. The second-order valence-electron chi connectivity index (χ2n) is 4.08. The highest BCUT2D eigenvalue weighted by Crippen LogP contribution is 2.20. The van der Waals surface area contributed by atoms with Crippen molar-refractivity contribution >= 4 is 5.69 Å². The fourth-order valence-corrected chi connectivity index (χ4v) is 1.87. The van der Waals surface area contributed by atoms with E-state index in [0.717, 1.165) is 5.56 Å². The van der Waals surface area contributed by atoms with Gasteiger partial charge in [-0.05, 0) is 12.1 Å². The number of nitrogens with two attached hydrogens (primary N) is 1. The number of rotatable bonds is 2. The van der Waals surface area contributed by atoms with E-state index in [0.29, 0.717) is 11.5 Å². The van der Waals surface area contributed by atoms with Gasteiger partial charge >= 0.3 is 5.69 Å². The standard InChI is InChI=1S/C12H10N6O2/c13-8-3-1-2-7(6-8)9-14-4-5-18(9)10-11(19)15-12(20)17-16-10/h1-6H,13H2,(H2,15,17,19,20). The van der Waals surface area contributed by atoms with Crippen molar-refractivity contribution in [2.45, 2.75) is 0 Å². The number of hydrogen-bond donors (Lipinski definition) is 3. The van der Waals surface area contributed by atoms with Crippen LogP contribution in [0.4, 0.5) is 5.69 Å². The molecule has 0 aliphatic rings. The van der Waals surface area contributed by atoms with Crippen LogP contribution in [0.2, 0.25) is 0 Å². The van der Waals surface area contributed by atoms with Gasteiger partial charge in [-0.2, -0.15) is 0 Å². The van der Waals surface area contributed by atoms with Crippen LogP contribution in [0.15, 0.2) is 46.2 Å². The molecule has 0 unspecified atom stereocenters. The van der Waals surface area contributed by atoms with Crippen molar-refractivity contribution in [1.82, 2.24) is 24.7 Å². The van der Waals surface area contributed by atoms with Gasteiger partial charge in [0.05, 0.1) is 0 Å². The Morgan fingerprint density at radius 1 is 1.25 bits per heavy atom. The third kappa shape index (κ3) is 1.99. The minimum absolute atomic E-state index is 0.0273. The Bertz CT molecular complexity index is 876. The third-order valence-electron chi connectivity index (χ3n) is 2.71. The molecule has 20 heavy (non-hydrogen) atoms. The average molecular weight is 270 g/mol. The van der Waals surface area contributed by atoms with Crippen molar-refractivity contribution < 1.29 is 0 Å². The summed E-state index contributed by atoms with van der Waals surface area (Å²) in [5.74, 6) is 0.530. The van der Waals surface area contributed by atoms with E-state index in [4.69, 9.17) is 5.73 Å². The van der Waals surface area contributed by atoms with Crippen molar-refractivity contribution in [1.29, 1.82) is 0 Å². The van der Waals surface area contributed by atoms with Crippen molar-refractivity contribution in [2.24, 2.45) is 0 Å². The van der Waals surface area contributed by atoms with Gasteiger partial charge in [0.2, 0.25) is 5.82 Å². The second-order valence-corrected chi connectivity index (χ2v) is 4.08. The molecule has 0 atom stereocenters. The number of nitrogens with zero attached hydrogens (tertiary/aromatic N) is 3. The van der Waals surface area contributed by atoms with E-state index < -0.39 is 11.2 Å². The molecule has 3 aromatic rings. The van der Waals surface area contributed by atoms with Crippen molar-refractivity contribution in [2.75, 3.05) is 5.73 Å². The molecule has 0 aliphatic carbocycles. The number of anilines is 1. The number of H-pyrrole nitrogens is 2. The van der Waals surface area contributed by atoms with E-state index >= 15 is 0 Å². The lowest BCUT2D eigenvalue weighted by atomic mass is 10.2. The van der Waals surface area contributed by atoms with Crippen LogP contribution in [0, 0.1) is 0 Å². The Morgan fingerprint density at radius 2 is 2.10 bits per heavy atom. The number of nitrogens with one attached hydrogen (secondary N) is 2. The molecule has 1 aromatic carbocycles. The molecule has 3 rings (SSSR count). The summed E-state index contributed by atoms with van der Waals surface area (Å²) < 4.78 is 1.48. The summed E-state index contributed by atoms with van der Waals surface area (Å²) in [7, 11) is 0. The van der Waals surface area contributed by atoms with Crippen LogP contribution in [0.5, 0.6) is 0 Å². The lowest BCUT2D eigenvalue weighted by Gasteiger charge is -2.06. The minimum Gasteiger partial charge on any atom is -0.399 e. The molecule has 2 aromatic heterocycles. The molecule has 0 fully saturated rings. The zero-order chi connectivity index (χ0) is 14.1. The van der Waals surface area contributed by atoms with Crippen molar-refractivity contribution in [3.05, 3.63) is 57.5 Å². The van der Waals surface area contributed by atoms with Crippen LogP contribution in [-0.2, 0) is 0 Å². The molecule has 0 aliphatic heterocycles. The molecule has 8 nitrogen and oxygen atoms in total. The highest BCUT2D eigenvalue weighted by atomic mass is 16.2. The zero-order valence-electron chi connectivity index (χ0n) is 10.2. The molecular weight excluding hydrogens is 260 g/mol. The van der Waals surface area contributed by atoms with Gasteiger partial charge in [0.15, 0.2) is 0 Å². The van der Waals surface area contributed by atoms with Crippen LogP contribution in [0.3, 0.4) is 0 Å². The van der Waals surface area contributed by atoms with E-state index in [2.05, 4.69) is 20.2 Å². The number of benzene rings is 1. The molecular formula is C12H10N6O2. The number of nitrogen functional groups attached to an aromatic ring is 1. The molecule has 8 heteroatoms. The van der Waals surface area contributed by atoms with Crippen molar-refractivity contribution in [3.8, 4) is 17.2 Å². The maximum absolute atomic E-state index is 11.8. The van der Waals surface area contributed by atoms with Gasteiger partial charge in [0.1, 0.15) is 5.82 Å². The van der Waals surface area contributed by atoms with Crippen LogP contribution < -0.4 is 17.0 Å². The zero-order valence-corrected chi connectivity index (χ0v) is 10.2. The number of aromatic amines is 2. The highest BCUT2D eigenvalue weighted by Gasteiger charge is 2.12. The SMILES string of the molecule is Nc1cccc(-c2nccn2-c2n[nH]c(=O)[nH]c2=O)c1. The Labute approximate surface area is 111 Å². The van der Waals surface area contributed by atoms with Crippen LogP contribution in [0.1, 0.15) is 0 Å². The predicted molar refractivity (Wildman–Crippen MR) is 72.4 cm³/mol. The number of hydrogen-bond acceptors (Lipinski definition) is 5. The summed E-state index contributed by atoms with van der Waals surface area (Å²) in [6.07, 6.45) is 3.11. The van der Waals surface area contributed by atoms with Crippen LogP contribution in [0.25, 0.3) is 17.2 Å². The predicted octanol–water partition coefficient (Wildman–Crippen LogP) is -0.107. The maximum atomic E-state index is 11.8. The molecule has 0 saturated carbocycles. The molecule has 0 bridgehead atoms. The lowest BCUT2D eigenvalue weighted by molar-refractivity contribution is 0.828. The third-order valence-corrected chi connectivity index (χ3v) is 2.71. The number of aromatic nitrogens is 5. The van der Waals surface area contributed by atoms with E-state index in [9.17, 15) is 9.59 Å².